The standard InChI is InChI=1S/C16H18N2O6/c1-9-6-14(24-18-9)16(21)17-12(8-15(19)20)11-5-4-10(22-2)7-13(11)23-3/h4-7,12H,8H2,1-3H3,(H,17,21)(H,19,20). The van der Waals surface area contributed by atoms with Gasteiger partial charge in [0.1, 0.15) is 11.5 Å². The van der Waals surface area contributed by atoms with Gasteiger partial charge in [0, 0.05) is 17.7 Å². The van der Waals surface area contributed by atoms with Crippen molar-refractivity contribution < 1.29 is 28.7 Å². The number of amides is 1. The quantitative estimate of drug-likeness (QED) is 0.796. The zero-order chi connectivity index (χ0) is 17.7. The van der Waals surface area contributed by atoms with Crippen LogP contribution >= 0.6 is 0 Å². The van der Waals surface area contributed by atoms with Crippen molar-refractivity contribution in [2.45, 2.75) is 19.4 Å². The Morgan fingerprint density at radius 3 is 2.58 bits per heavy atom. The molecule has 1 amide bonds. The van der Waals surface area contributed by atoms with E-state index in [1.54, 1.807) is 25.1 Å². The lowest BCUT2D eigenvalue weighted by Gasteiger charge is -2.19. The van der Waals surface area contributed by atoms with Crippen molar-refractivity contribution in [3.63, 3.8) is 0 Å². The second-order valence-corrected chi connectivity index (χ2v) is 5.06. The maximum Gasteiger partial charge on any atom is 0.305 e. The first-order chi connectivity index (χ1) is 11.4. The molecule has 1 aromatic carbocycles. The summed E-state index contributed by atoms with van der Waals surface area (Å²) >= 11 is 0. The molecule has 0 aliphatic rings. The first-order valence-corrected chi connectivity index (χ1v) is 7.12. The number of carboxylic acids is 1. The molecule has 0 aliphatic carbocycles. The van der Waals surface area contributed by atoms with Gasteiger partial charge in [-0.15, -0.1) is 0 Å². The summed E-state index contributed by atoms with van der Waals surface area (Å²) in [6, 6.07) is 5.60. The minimum absolute atomic E-state index is 0.00960. The number of aliphatic carboxylic acids is 1. The van der Waals surface area contributed by atoms with Crippen molar-refractivity contribution >= 4 is 11.9 Å². The van der Waals surface area contributed by atoms with E-state index in [-0.39, 0.29) is 12.2 Å². The Kier molecular flexibility index (Phi) is 5.41. The van der Waals surface area contributed by atoms with Gasteiger partial charge in [-0.2, -0.15) is 0 Å². The predicted molar refractivity (Wildman–Crippen MR) is 83.2 cm³/mol. The third-order valence-electron chi connectivity index (χ3n) is 3.35. The minimum Gasteiger partial charge on any atom is -0.497 e. The Morgan fingerprint density at radius 1 is 1.29 bits per heavy atom. The molecule has 0 saturated carbocycles. The lowest BCUT2D eigenvalue weighted by Crippen LogP contribution is -2.30. The molecule has 1 atom stereocenters. The number of aryl methyl sites for hydroxylation is 1. The molecule has 1 unspecified atom stereocenters. The summed E-state index contributed by atoms with van der Waals surface area (Å²) in [5.74, 6) is -0.640. The second kappa shape index (κ2) is 7.49. The van der Waals surface area contributed by atoms with Crippen LogP contribution in [0.15, 0.2) is 28.8 Å². The van der Waals surface area contributed by atoms with E-state index in [1.165, 1.54) is 20.3 Å². The number of carboxylic acid groups (broad SMARTS) is 1. The fourth-order valence-corrected chi connectivity index (χ4v) is 2.22. The van der Waals surface area contributed by atoms with Gasteiger partial charge in [-0.1, -0.05) is 5.16 Å². The number of rotatable bonds is 7. The van der Waals surface area contributed by atoms with Gasteiger partial charge in [-0.05, 0) is 19.1 Å². The molecule has 1 aromatic heterocycles. The number of nitrogens with one attached hydrogen (secondary N) is 1. The Hall–Kier alpha value is -3.03. The fraction of sp³-hybridized carbons (Fsp3) is 0.312. The summed E-state index contributed by atoms with van der Waals surface area (Å²) in [4.78, 5) is 23.4. The molecule has 2 rings (SSSR count). The summed E-state index contributed by atoms with van der Waals surface area (Å²) in [6.45, 7) is 1.68. The first kappa shape index (κ1) is 17.3. The molecule has 128 valence electrons. The largest absolute Gasteiger partial charge is 0.497 e. The van der Waals surface area contributed by atoms with E-state index >= 15 is 0 Å². The topological polar surface area (TPSA) is 111 Å². The highest BCUT2D eigenvalue weighted by molar-refractivity contribution is 5.92. The zero-order valence-electron chi connectivity index (χ0n) is 13.5. The van der Waals surface area contributed by atoms with Gasteiger partial charge >= 0.3 is 5.97 Å². The number of nitrogens with zero attached hydrogens (tertiary/aromatic N) is 1. The normalized spacial score (nSPS) is 11.6. The lowest BCUT2D eigenvalue weighted by molar-refractivity contribution is -0.137. The number of aromatic nitrogens is 1. The van der Waals surface area contributed by atoms with Crippen molar-refractivity contribution in [1.29, 1.82) is 0 Å². The van der Waals surface area contributed by atoms with Gasteiger partial charge in [0.2, 0.25) is 5.76 Å². The molecule has 2 N–H and O–H groups in total. The molecule has 1 heterocycles. The van der Waals surface area contributed by atoms with Crippen LogP contribution in [-0.2, 0) is 4.79 Å². The molecule has 24 heavy (non-hydrogen) atoms. The van der Waals surface area contributed by atoms with Crippen LogP contribution in [0.4, 0.5) is 0 Å². The Labute approximate surface area is 138 Å². The summed E-state index contributed by atoms with van der Waals surface area (Å²) in [6.07, 6.45) is -0.318. The van der Waals surface area contributed by atoms with Gasteiger partial charge < -0.3 is 24.4 Å². The van der Waals surface area contributed by atoms with E-state index in [4.69, 9.17) is 19.1 Å². The molecule has 0 fully saturated rings. The van der Waals surface area contributed by atoms with Crippen LogP contribution < -0.4 is 14.8 Å². The van der Waals surface area contributed by atoms with Gasteiger partial charge in [0.05, 0.1) is 32.4 Å². The van der Waals surface area contributed by atoms with Crippen LogP contribution in [-0.4, -0.2) is 36.4 Å². The molecule has 0 radical (unpaired) electrons. The van der Waals surface area contributed by atoms with Crippen LogP contribution in [0.5, 0.6) is 11.5 Å². The molecule has 0 saturated heterocycles. The van der Waals surface area contributed by atoms with Crippen molar-refractivity contribution in [3.05, 3.63) is 41.3 Å². The van der Waals surface area contributed by atoms with Crippen molar-refractivity contribution in [3.8, 4) is 11.5 Å². The maximum absolute atomic E-state index is 12.2. The zero-order valence-corrected chi connectivity index (χ0v) is 13.5. The van der Waals surface area contributed by atoms with E-state index < -0.39 is 17.9 Å². The molecule has 8 nitrogen and oxygen atoms in total. The van der Waals surface area contributed by atoms with Gasteiger partial charge in [0.15, 0.2) is 0 Å². The van der Waals surface area contributed by atoms with E-state index in [0.29, 0.717) is 22.8 Å². The highest BCUT2D eigenvalue weighted by atomic mass is 16.5. The van der Waals surface area contributed by atoms with E-state index in [0.717, 1.165) is 0 Å². The lowest BCUT2D eigenvalue weighted by atomic mass is 10.0. The summed E-state index contributed by atoms with van der Waals surface area (Å²) in [5, 5.41) is 15.4. The van der Waals surface area contributed by atoms with Crippen molar-refractivity contribution in [2.75, 3.05) is 14.2 Å². The van der Waals surface area contributed by atoms with Crippen molar-refractivity contribution in [2.24, 2.45) is 0 Å². The SMILES string of the molecule is COc1ccc(C(CC(=O)O)NC(=O)c2cc(C)no2)c(OC)c1. The number of methoxy groups -OCH3 is 2. The maximum atomic E-state index is 12.2. The van der Waals surface area contributed by atoms with Crippen LogP contribution in [0.3, 0.4) is 0 Å². The number of hydrogen-bond acceptors (Lipinski definition) is 6. The van der Waals surface area contributed by atoms with Crippen LogP contribution in [0, 0.1) is 6.92 Å². The molecule has 0 spiro atoms. The average molecular weight is 334 g/mol. The van der Waals surface area contributed by atoms with Gasteiger partial charge in [0.25, 0.3) is 5.91 Å². The highest BCUT2D eigenvalue weighted by Gasteiger charge is 2.24. The molecular formula is C16H18N2O6. The number of ether oxygens (including phenoxy) is 2. The van der Waals surface area contributed by atoms with E-state index in [2.05, 4.69) is 10.5 Å². The van der Waals surface area contributed by atoms with E-state index in [1.807, 2.05) is 0 Å². The molecule has 0 bridgehead atoms. The van der Waals surface area contributed by atoms with E-state index in [9.17, 15) is 9.59 Å². The van der Waals surface area contributed by atoms with Gasteiger partial charge in [-0.25, -0.2) is 0 Å². The number of benzene rings is 1. The monoisotopic (exact) mass is 334 g/mol. The highest BCUT2D eigenvalue weighted by Crippen LogP contribution is 2.31. The van der Waals surface area contributed by atoms with Crippen LogP contribution in [0.25, 0.3) is 0 Å². The van der Waals surface area contributed by atoms with Gasteiger partial charge in [-0.3, -0.25) is 9.59 Å². The second-order valence-electron chi connectivity index (χ2n) is 5.06. The number of carbonyl (C=O) groups is 2. The summed E-state index contributed by atoms with van der Waals surface area (Å²) in [5.41, 5.74) is 1.07. The molecule has 0 aliphatic heterocycles. The third kappa shape index (κ3) is 4.03. The molecular weight excluding hydrogens is 316 g/mol. The van der Waals surface area contributed by atoms with Crippen LogP contribution in [0.1, 0.15) is 34.3 Å². The first-order valence-electron chi connectivity index (χ1n) is 7.12. The third-order valence-corrected chi connectivity index (χ3v) is 3.35. The number of hydrogen-bond donors (Lipinski definition) is 2. The summed E-state index contributed by atoms with van der Waals surface area (Å²) < 4.78 is 15.3. The Morgan fingerprint density at radius 2 is 2.04 bits per heavy atom. The number of carbonyl (C=O) groups excluding carboxylic acids is 1. The van der Waals surface area contributed by atoms with Crippen LogP contribution in [0.2, 0.25) is 0 Å². The predicted octanol–water partition coefficient (Wildman–Crippen LogP) is 1.95. The smallest absolute Gasteiger partial charge is 0.305 e. The minimum atomic E-state index is -1.06. The Balaban J connectivity index is 2.31. The summed E-state index contributed by atoms with van der Waals surface area (Å²) in [7, 11) is 2.97. The van der Waals surface area contributed by atoms with Crippen molar-refractivity contribution in [1.82, 2.24) is 10.5 Å². The fourth-order valence-electron chi connectivity index (χ4n) is 2.22. The Bertz CT molecular complexity index is 740. The molecule has 2 aromatic rings. The molecule has 8 heteroatoms. The average Bonchev–Trinajstić information content (AvgIpc) is 2.99.